The zero-order valence-corrected chi connectivity index (χ0v) is 18.3. The Balaban J connectivity index is 1.35. The number of amides is 1. The number of benzene rings is 2. The molecule has 1 aromatic heterocycles. The first-order chi connectivity index (χ1) is 14.9. The van der Waals surface area contributed by atoms with E-state index in [-0.39, 0.29) is 12.2 Å². The second-order valence-electron chi connectivity index (χ2n) is 6.62. The topological polar surface area (TPSA) is 77.5 Å². The van der Waals surface area contributed by atoms with Crippen molar-refractivity contribution < 1.29 is 23.5 Å². The van der Waals surface area contributed by atoms with Crippen LogP contribution in [-0.4, -0.2) is 30.1 Å². The predicted molar refractivity (Wildman–Crippen MR) is 118 cm³/mol. The number of nitrogens with zero attached hydrogens (tertiary/aromatic N) is 1. The molecule has 0 fully saturated rings. The van der Waals surface area contributed by atoms with Gasteiger partial charge < -0.3 is 9.47 Å². The van der Waals surface area contributed by atoms with Gasteiger partial charge in [0.25, 0.3) is 5.91 Å². The first-order valence-electron chi connectivity index (χ1n) is 9.46. The first-order valence-corrected chi connectivity index (χ1v) is 10.7. The summed E-state index contributed by atoms with van der Waals surface area (Å²) in [5, 5.41) is 5.33. The van der Waals surface area contributed by atoms with Gasteiger partial charge in [-0.05, 0) is 61.4 Å². The molecule has 2 aromatic carbocycles. The van der Waals surface area contributed by atoms with Crippen molar-refractivity contribution in [1.82, 2.24) is 4.98 Å². The largest absolute Gasteiger partial charge is 0.493 e. The van der Waals surface area contributed by atoms with Gasteiger partial charge in [-0.15, -0.1) is 11.3 Å². The van der Waals surface area contributed by atoms with Crippen molar-refractivity contribution in [2.45, 2.75) is 19.8 Å². The van der Waals surface area contributed by atoms with Crippen molar-refractivity contribution in [2.75, 3.05) is 18.5 Å². The molecule has 0 spiro atoms. The van der Waals surface area contributed by atoms with Crippen LogP contribution in [0.25, 0.3) is 11.3 Å². The highest BCUT2D eigenvalue weighted by atomic mass is 35.5. The number of rotatable bonds is 9. The fraction of sp³-hybridized carbons (Fsp3) is 0.227. The molecular weight excluding hydrogens is 443 g/mol. The molecule has 1 amide bonds. The summed E-state index contributed by atoms with van der Waals surface area (Å²) >= 11 is 7.13. The second kappa shape index (κ2) is 10.9. The third-order valence-corrected chi connectivity index (χ3v) is 5.17. The van der Waals surface area contributed by atoms with E-state index >= 15 is 0 Å². The highest BCUT2D eigenvalue weighted by molar-refractivity contribution is 7.14. The lowest BCUT2D eigenvalue weighted by atomic mass is 10.2. The number of aryl methyl sites for hydroxylation is 1. The van der Waals surface area contributed by atoms with Crippen molar-refractivity contribution in [1.29, 1.82) is 0 Å². The van der Waals surface area contributed by atoms with Gasteiger partial charge in [0.15, 0.2) is 11.7 Å². The smallest absolute Gasteiger partial charge is 0.306 e. The molecule has 162 valence electrons. The van der Waals surface area contributed by atoms with E-state index in [9.17, 15) is 14.0 Å². The summed E-state index contributed by atoms with van der Waals surface area (Å²) in [6.07, 6.45) is 0.585. The molecule has 9 heteroatoms. The Bertz CT molecular complexity index is 1060. The normalized spacial score (nSPS) is 10.5. The number of carbonyl (C=O) groups excluding carboxylic acids is 2. The molecule has 0 aliphatic carbocycles. The van der Waals surface area contributed by atoms with E-state index in [1.165, 1.54) is 23.5 Å². The van der Waals surface area contributed by atoms with Crippen molar-refractivity contribution in [3.05, 3.63) is 64.2 Å². The second-order valence-corrected chi connectivity index (χ2v) is 7.91. The zero-order chi connectivity index (χ0) is 22.2. The Hall–Kier alpha value is -2.97. The summed E-state index contributed by atoms with van der Waals surface area (Å²) < 4.78 is 23.6. The van der Waals surface area contributed by atoms with Crippen molar-refractivity contribution in [3.63, 3.8) is 0 Å². The van der Waals surface area contributed by atoms with E-state index < -0.39 is 18.5 Å². The number of esters is 1. The lowest BCUT2D eigenvalue weighted by Crippen LogP contribution is -2.21. The SMILES string of the molecule is Cc1cc(Cl)ccc1OCCCC(=O)OCC(=O)Nc1nc(-c2ccc(F)cc2)cs1. The fourth-order valence-corrected chi connectivity index (χ4v) is 3.59. The van der Waals surface area contributed by atoms with Crippen molar-refractivity contribution in [2.24, 2.45) is 0 Å². The molecule has 0 aliphatic rings. The summed E-state index contributed by atoms with van der Waals surface area (Å²) in [5.74, 6) is -0.597. The summed E-state index contributed by atoms with van der Waals surface area (Å²) in [6.45, 7) is 1.83. The molecule has 0 radical (unpaired) electrons. The summed E-state index contributed by atoms with van der Waals surface area (Å²) in [4.78, 5) is 28.1. The van der Waals surface area contributed by atoms with Crippen LogP contribution < -0.4 is 10.1 Å². The number of carbonyl (C=O) groups is 2. The average molecular weight is 463 g/mol. The molecule has 31 heavy (non-hydrogen) atoms. The van der Waals surface area contributed by atoms with Crippen LogP contribution in [0.3, 0.4) is 0 Å². The van der Waals surface area contributed by atoms with Crippen molar-refractivity contribution in [3.8, 4) is 17.0 Å². The van der Waals surface area contributed by atoms with Gasteiger partial charge in [0.1, 0.15) is 11.6 Å². The maximum Gasteiger partial charge on any atom is 0.306 e. The van der Waals surface area contributed by atoms with Crippen molar-refractivity contribution >= 4 is 39.9 Å². The maximum absolute atomic E-state index is 13.0. The number of hydrogen-bond donors (Lipinski definition) is 1. The quantitative estimate of drug-likeness (QED) is 0.347. The molecule has 3 rings (SSSR count). The van der Waals surface area contributed by atoms with Gasteiger partial charge >= 0.3 is 5.97 Å². The van der Waals surface area contributed by atoms with Gasteiger partial charge in [0.05, 0.1) is 12.3 Å². The number of hydrogen-bond acceptors (Lipinski definition) is 6. The van der Waals surface area contributed by atoms with E-state index in [4.69, 9.17) is 21.1 Å². The molecule has 1 N–H and O–H groups in total. The van der Waals surface area contributed by atoms with Crippen LogP contribution in [0.2, 0.25) is 5.02 Å². The van der Waals surface area contributed by atoms with Gasteiger partial charge in [-0.3, -0.25) is 14.9 Å². The summed E-state index contributed by atoms with van der Waals surface area (Å²) in [7, 11) is 0. The summed E-state index contributed by atoms with van der Waals surface area (Å²) in [5.41, 5.74) is 2.27. The number of ether oxygens (including phenoxy) is 2. The molecule has 1 heterocycles. The van der Waals surface area contributed by atoms with E-state index in [0.717, 1.165) is 11.1 Å². The third kappa shape index (κ3) is 7.04. The van der Waals surface area contributed by atoms with Crippen LogP contribution in [0.15, 0.2) is 47.8 Å². The molecule has 6 nitrogen and oxygen atoms in total. The Morgan fingerprint density at radius 3 is 2.71 bits per heavy atom. The minimum Gasteiger partial charge on any atom is -0.493 e. The van der Waals surface area contributed by atoms with E-state index in [2.05, 4.69) is 10.3 Å². The number of aromatic nitrogens is 1. The molecule has 0 unspecified atom stereocenters. The lowest BCUT2D eigenvalue weighted by Gasteiger charge is -2.09. The maximum atomic E-state index is 13.0. The van der Waals surface area contributed by atoms with Gasteiger partial charge in [0.2, 0.25) is 0 Å². The highest BCUT2D eigenvalue weighted by Crippen LogP contribution is 2.25. The molecule has 0 atom stereocenters. The average Bonchev–Trinajstić information content (AvgIpc) is 3.20. The molecule has 3 aromatic rings. The van der Waals surface area contributed by atoms with Crippen LogP contribution in [-0.2, 0) is 14.3 Å². The third-order valence-electron chi connectivity index (χ3n) is 4.17. The standard InChI is InChI=1S/C22H20ClFN2O4S/c1-14-11-16(23)6-9-19(14)29-10-2-3-21(28)30-12-20(27)26-22-25-18(13-31-22)15-4-7-17(24)8-5-15/h4-9,11,13H,2-3,10,12H2,1H3,(H,25,26,27). The number of anilines is 1. The monoisotopic (exact) mass is 462 g/mol. The Morgan fingerprint density at radius 1 is 1.19 bits per heavy atom. The van der Waals surface area contributed by atoms with Crippen LogP contribution >= 0.6 is 22.9 Å². The fourth-order valence-electron chi connectivity index (χ4n) is 2.63. The number of nitrogens with one attached hydrogen (secondary N) is 1. The van der Waals surface area contributed by atoms with Gasteiger partial charge in [-0.2, -0.15) is 0 Å². The van der Waals surface area contributed by atoms with E-state index in [1.54, 1.807) is 35.7 Å². The predicted octanol–water partition coefficient (Wildman–Crippen LogP) is 5.25. The van der Waals surface area contributed by atoms with Crippen LogP contribution in [0.4, 0.5) is 9.52 Å². The summed E-state index contributed by atoms with van der Waals surface area (Å²) in [6, 6.07) is 11.2. The van der Waals surface area contributed by atoms with Crippen LogP contribution in [0.1, 0.15) is 18.4 Å². The van der Waals surface area contributed by atoms with Gasteiger partial charge in [-0.1, -0.05) is 11.6 Å². The molecular formula is C22H20ClFN2O4S. The van der Waals surface area contributed by atoms with Gasteiger partial charge in [0, 0.05) is 22.4 Å². The Labute approximate surface area is 188 Å². The molecule has 0 aliphatic heterocycles. The van der Waals surface area contributed by atoms with E-state index in [1.807, 2.05) is 6.92 Å². The van der Waals surface area contributed by atoms with Crippen LogP contribution in [0.5, 0.6) is 5.75 Å². The highest BCUT2D eigenvalue weighted by Gasteiger charge is 2.11. The Morgan fingerprint density at radius 2 is 1.97 bits per heavy atom. The van der Waals surface area contributed by atoms with E-state index in [0.29, 0.717) is 34.6 Å². The zero-order valence-electron chi connectivity index (χ0n) is 16.7. The lowest BCUT2D eigenvalue weighted by molar-refractivity contribution is -0.147. The first kappa shape index (κ1) is 22.7. The number of thiazole rings is 1. The van der Waals surface area contributed by atoms with Crippen LogP contribution in [0, 0.1) is 12.7 Å². The number of halogens is 2. The van der Waals surface area contributed by atoms with Gasteiger partial charge in [-0.25, -0.2) is 9.37 Å². The molecule has 0 saturated heterocycles. The minimum atomic E-state index is -0.488. The Kier molecular flexibility index (Phi) is 7.97. The molecule has 0 bridgehead atoms. The molecule has 0 saturated carbocycles. The minimum absolute atomic E-state index is 0.131.